The Morgan fingerprint density at radius 3 is 2.67 bits per heavy atom. The van der Waals surface area contributed by atoms with Crippen molar-refractivity contribution in [2.24, 2.45) is 0 Å². The number of amides is 2. The maximum atomic E-state index is 13.2. The summed E-state index contributed by atoms with van der Waals surface area (Å²) in [7, 11) is 3.29. The molecule has 0 saturated carbocycles. The summed E-state index contributed by atoms with van der Waals surface area (Å²) >= 11 is 0. The third-order valence-corrected chi connectivity index (χ3v) is 6.74. The minimum atomic E-state index is -0.338. The van der Waals surface area contributed by atoms with Crippen LogP contribution < -0.4 is 25.2 Å². The van der Waals surface area contributed by atoms with E-state index in [0.29, 0.717) is 60.5 Å². The number of carbonyl (C=O) groups excluding carboxylic acids is 2. The highest BCUT2D eigenvalue weighted by atomic mass is 16.5. The van der Waals surface area contributed by atoms with Gasteiger partial charge in [0.2, 0.25) is 11.9 Å². The summed E-state index contributed by atoms with van der Waals surface area (Å²) < 4.78 is 5.51. The van der Waals surface area contributed by atoms with E-state index in [0.717, 1.165) is 12.8 Å². The molecule has 0 spiro atoms. The molecule has 0 unspecified atom stereocenters. The molecular formula is C25H32N8O3. The maximum Gasteiger partial charge on any atom is 0.251 e. The van der Waals surface area contributed by atoms with E-state index < -0.39 is 0 Å². The number of carbonyl (C=O) groups is 2. The van der Waals surface area contributed by atoms with Crippen molar-refractivity contribution in [3.63, 3.8) is 0 Å². The average Bonchev–Trinajstić information content (AvgIpc) is 2.91. The Hall–Kier alpha value is -4.07. The number of fused-ring (bicyclic) bond motifs is 1. The molecule has 1 saturated heterocycles. The number of nitrogens with zero attached hydrogens (tertiary/aromatic N) is 6. The van der Waals surface area contributed by atoms with Crippen LogP contribution in [-0.4, -0.2) is 72.6 Å². The Kier molecular flexibility index (Phi) is 7.43. The van der Waals surface area contributed by atoms with Gasteiger partial charge in [0.15, 0.2) is 12.0 Å². The smallest absolute Gasteiger partial charge is 0.251 e. The molecule has 4 rings (SSSR count). The highest BCUT2D eigenvalue weighted by Gasteiger charge is 2.41. The molecule has 1 aromatic heterocycles. The number of nitriles is 1. The number of piperidine rings is 1. The fourth-order valence-corrected chi connectivity index (χ4v) is 4.82. The number of nitrogens with one attached hydrogen (secondary N) is 2. The number of aromatic nitrogens is 2. The Bertz CT molecular complexity index is 1170. The van der Waals surface area contributed by atoms with Crippen molar-refractivity contribution in [2.45, 2.75) is 45.2 Å². The van der Waals surface area contributed by atoms with Gasteiger partial charge in [-0.2, -0.15) is 10.2 Å². The molecule has 11 nitrogen and oxygen atoms in total. The molecule has 0 aliphatic carbocycles. The second-order valence-corrected chi connectivity index (χ2v) is 8.85. The minimum Gasteiger partial charge on any atom is -0.495 e. The lowest BCUT2D eigenvalue weighted by Gasteiger charge is -2.46. The van der Waals surface area contributed by atoms with Gasteiger partial charge in [0.1, 0.15) is 17.5 Å². The number of methoxy groups -OCH3 is 1. The Labute approximate surface area is 211 Å². The van der Waals surface area contributed by atoms with Crippen LogP contribution in [0.4, 0.5) is 23.1 Å². The molecule has 190 valence electrons. The minimum absolute atomic E-state index is 0.0136. The van der Waals surface area contributed by atoms with Gasteiger partial charge in [-0.3, -0.25) is 9.59 Å². The van der Waals surface area contributed by atoms with E-state index >= 15 is 0 Å². The van der Waals surface area contributed by atoms with Crippen LogP contribution in [0.25, 0.3) is 0 Å². The molecule has 36 heavy (non-hydrogen) atoms. The molecular weight excluding hydrogens is 460 g/mol. The predicted octanol–water partition coefficient (Wildman–Crippen LogP) is 2.49. The molecule has 2 aromatic rings. The fourth-order valence-electron chi connectivity index (χ4n) is 4.82. The maximum absolute atomic E-state index is 13.2. The summed E-state index contributed by atoms with van der Waals surface area (Å²) in [5, 5.41) is 15.2. The van der Waals surface area contributed by atoms with Crippen molar-refractivity contribution in [1.82, 2.24) is 20.2 Å². The van der Waals surface area contributed by atoms with Crippen molar-refractivity contribution < 1.29 is 14.3 Å². The van der Waals surface area contributed by atoms with Crippen molar-refractivity contribution in [2.75, 3.05) is 48.9 Å². The SMILES string of the molecule is CCNC(=O)c1ccc(Nc2ncc3c(n2)N(C2CCN(C#N)CC2)[C@H](CC)C(=O)N3C)c(OC)c1. The third kappa shape index (κ3) is 4.71. The monoisotopic (exact) mass is 492 g/mol. The number of hydrogen-bond acceptors (Lipinski definition) is 9. The van der Waals surface area contributed by atoms with E-state index in [1.54, 1.807) is 41.2 Å². The highest BCUT2D eigenvalue weighted by molar-refractivity contribution is 6.04. The van der Waals surface area contributed by atoms with Gasteiger partial charge in [0.05, 0.1) is 19.0 Å². The van der Waals surface area contributed by atoms with Crippen molar-refractivity contribution >= 4 is 35.0 Å². The number of rotatable bonds is 7. The number of hydrogen-bond donors (Lipinski definition) is 2. The van der Waals surface area contributed by atoms with Gasteiger partial charge in [-0.25, -0.2) is 4.98 Å². The molecule has 1 fully saturated rings. The topological polar surface area (TPSA) is 127 Å². The molecule has 2 amide bonds. The van der Waals surface area contributed by atoms with E-state index in [2.05, 4.69) is 26.7 Å². The second-order valence-electron chi connectivity index (χ2n) is 8.85. The molecule has 2 aliphatic rings. The summed E-state index contributed by atoms with van der Waals surface area (Å²) in [5.41, 5.74) is 1.76. The van der Waals surface area contributed by atoms with E-state index in [4.69, 9.17) is 9.72 Å². The predicted molar refractivity (Wildman–Crippen MR) is 136 cm³/mol. The molecule has 11 heteroatoms. The summed E-state index contributed by atoms with van der Waals surface area (Å²) in [6.07, 6.45) is 6.05. The molecule has 2 aliphatic heterocycles. The Balaban J connectivity index is 1.67. The highest BCUT2D eigenvalue weighted by Crippen LogP contribution is 2.39. The first-order valence-electron chi connectivity index (χ1n) is 12.2. The summed E-state index contributed by atoms with van der Waals surface area (Å²) in [4.78, 5) is 40.2. The van der Waals surface area contributed by atoms with Crippen LogP contribution in [0.2, 0.25) is 0 Å². The van der Waals surface area contributed by atoms with Crippen LogP contribution in [-0.2, 0) is 4.79 Å². The first-order chi connectivity index (χ1) is 17.4. The summed E-state index contributed by atoms with van der Waals surface area (Å²) in [6, 6.07) is 4.88. The lowest BCUT2D eigenvalue weighted by atomic mass is 9.97. The van der Waals surface area contributed by atoms with Crippen LogP contribution in [0.5, 0.6) is 5.75 Å². The number of likely N-dealkylation sites (N-methyl/N-ethyl adjacent to an activating group) is 1. The largest absolute Gasteiger partial charge is 0.495 e. The summed E-state index contributed by atoms with van der Waals surface area (Å²) in [5.74, 6) is 1.37. The normalized spacial score (nSPS) is 17.9. The van der Waals surface area contributed by atoms with Crippen molar-refractivity contribution in [1.29, 1.82) is 5.26 Å². The lowest BCUT2D eigenvalue weighted by Crippen LogP contribution is -2.58. The fraction of sp³-hybridized carbons (Fsp3) is 0.480. The van der Waals surface area contributed by atoms with Gasteiger partial charge in [-0.15, -0.1) is 0 Å². The zero-order chi connectivity index (χ0) is 25.8. The van der Waals surface area contributed by atoms with Gasteiger partial charge < -0.3 is 30.1 Å². The van der Waals surface area contributed by atoms with Gasteiger partial charge in [0.25, 0.3) is 5.91 Å². The van der Waals surface area contributed by atoms with Gasteiger partial charge in [-0.05, 0) is 44.4 Å². The molecule has 2 N–H and O–H groups in total. The Morgan fingerprint density at radius 2 is 2.03 bits per heavy atom. The van der Waals surface area contributed by atoms with Crippen LogP contribution >= 0.6 is 0 Å². The summed E-state index contributed by atoms with van der Waals surface area (Å²) in [6.45, 7) is 5.70. The number of benzene rings is 1. The molecule has 0 radical (unpaired) electrons. The lowest BCUT2D eigenvalue weighted by molar-refractivity contribution is -0.120. The molecule has 1 aromatic carbocycles. The van der Waals surface area contributed by atoms with Crippen molar-refractivity contribution in [3.05, 3.63) is 30.0 Å². The van der Waals surface area contributed by atoms with E-state index in [1.165, 1.54) is 7.11 Å². The van der Waals surface area contributed by atoms with Gasteiger partial charge >= 0.3 is 0 Å². The number of likely N-dealkylation sites (tertiary alicyclic amines) is 1. The average molecular weight is 493 g/mol. The standard InChI is InChI=1S/C25H32N8O3/c1-5-19-24(35)31(3)20-14-28-25(30-22(20)33(19)17-9-11-32(15-26)12-10-17)29-18-8-7-16(13-21(18)36-4)23(34)27-6-2/h7-8,13-14,17,19H,5-6,9-12H2,1-4H3,(H,27,34)(H,28,29,30)/t19-/m1/s1. The Morgan fingerprint density at radius 1 is 1.28 bits per heavy atom. The number of ether oxygens (including phenoxy) is 1. The quantitative estimate of drug-likeness (QED) is 0.561. The van der Waals surface area contributed by atoms with E-state index in [-0.39, 0.29) is 23.9 Å². The molecule has 1 atom stereocenters. The second kappa shape index (κ2) is 10.7. The number of anilines is 4. The van der Waals surface area contributed by atoms with E-state index in [9.17, 15) is 14.9 Å². The van der Waals surface area contributed by atoms with Gasteiger partial charge in [0, 0.05) is 38.3 Å². The van der Waals surface area contributed by atoms with Crippen LogP contribution in [0, 0.1) is 11.5 Å². The molecule has 3 heterocycles. The van der Waals surface area contributed by atoms with Gasteiger partial charge in [-0.1, -0.05) is 6.92 Å². The third-order valence-electron chi connectivity index (χ3n) is 6.74. The first-order valence-corrected chi connectivity index (χ1v) is 12.2. The molecule has 0 bridgehead atoms. The van der Waals surface area contributed by atoms with E-state index in [1.807, 2.05) is 13.8 Å². The van der Waals surface area contributed by atoms with Crippen LogP contribution in [0.3, 0.4) is 0 Å². The first kappa shape index (κ1) is 25.0. The van der Waals surface area contributed by atoms with Crippen molar-refractivity contribution in [3.8, 4) is 11.9 Å². The zero-order valence-corrected chi connectivity index (χ0v) is 21.1. The van der Waals surface area contributed by atoms with Crippen LogP contribution in [0.15, 0.2) is 24.4 Å². The zero-order valence-electron chi connectivity index (χ0n) is 21.1. The van der Waals surface area contributed by atoms with Crippen LogP contribution in [0.1, 0.15) is 43.5 Å².